The first kappa shape index (κ1) is 23.6. The van der Waals surface area contributed by atoms with Crippen molar-refractivity contribution in [2.75, 3.05) is 33.3 Å². The molecule has 2 amide bonds. The second-order valence-electron chi connectivity index (χ2n) is 8.66. The number of nitrogens with zero attached hydrogens (tertiary/aromatic N) is 2. The number of carbonyl (C=O) groups excluding carboxylic acids is 2. The van der Waals surface area contributed by atoms with Crippen LogP contribution in [0.15, 0.2) is 84.9 Å². The number of aryl methyl sites for hydroxylation is 1. The van der Waals surface area contributed by atoms with E-state index in [1.165, 1.54) is 0 Å². The minimum atomic E-state index is -0.334. The van der Waals surface area contributed by atoms with Gasteiger partial charge in [0.1, 0.15) is 5.75 Å². The Bertz CT molecular complexity index is 1030. The van der Waals surface area contributed by atoms with E-state index in [1.54, 1.807) is 7.11 Å². The molecule has 0 radical (unpaired) electrons. The highest BCUT2D eigenvalue weighted by Crippen LogP contribution is 2.27. The summed E-state index contributed by atoms with van der Waals surface area (Å²) >= 11 is 0. The van der Waals surface area contributed by atoms with Gasteiger partial charge in [-0.2, -0.15) is 0 Å². The van der Waals surface area contributed by atoms with Gasteiger partial charge in [0.2, 0.25) is 11.8 Å². The average molecular weight is 457 g/mol. The maximum absolute atomic E-state index is 13.7. The van der Waals surface area contributed by atoms with Crippen LogP contribution in [0.1, 0.15) is 35.4 Å². The number of ether oxygens (including phenoxy) is 1. The van der Waals surface area contributed by atoms with Crippen LogP contribution < -0.4 is 4.74 Å². The molecule has 1 aliphatic heterocycles. The first-order valence-corrected chi connectivity index (χ1v) is 11.9. The summed E-state index contributed by atoms with van der Waals surface area (Å²) in [4.78, 5) is 30.4. The van der Waals surface area contributed by atoms with Crippen molar-refractivity contribution < 1.29 is 14.3 Å². The first-order chi connectivity index (χ1) is 16.7. The molecule has 1 saturated heterocycles. The Morgan fingerprint density at radius 1 is 0.765 bits per heavy atom. The van der Waals surface area contributed by atoms with Crippen molar-refractivity contribution in [1.29, 1.82) is 0 Å². The molecule has 1 aliphatic rings. The zero-order chi connectivity index (χ0) is 23.8. The lowest BCUT2D eigenvalue weighted by atomic mass is 9.90. The van der Waals surface area contributed by atoms with Crippen LogP contribution in [-0.2, 0) is 16.0 Å². The van der Waals surface area contributed by atoms with Crippen molar-refractivity contribution in [2.24, 2.45) is 0 Å². The van der Waals surface area contributed by atoms with Crippen LogP contribution in [0, 0.1) is 0 Å². The minimum Gasteiger partial charge on any atom is -0.497 e. The van der Waals surface area contributed by atoms with E-state index < -0.39 is 0 Å². The predicted molar refractivity (Wildman–Crippen MR) is 134 cm³/mol. The molecule has 5 heteroatoms. The molecular weight excluding hydrogens is 424 g/mol. The highest BCUT2D eigenvalue weighted by atomic mass is 16.5. The second kappa shape index (κ2) is 11.5. The molecule has 0 spiro atoms. The molecule has 3 aromatic rings. The van der Waals surface area contributed by atoms with E-state index in [4.69, 9.17) is 4.74 Å². The summed E-state index contributed by atoms with van der Waals surface area (Å²) < 4.78 is 5.20. The largest absolute Gasteiger partial charge is 0.497 e. The summed E-state index contributed by atoms with van der Waals surface area (Å²) in [6, 6.07) is 27.8. The topological polar surface area (TPSA) is 49.9 Å². The molecule has 176 valence electrons. The van der Waals surface area contributed by atoms with Gasteiger partial charge in [-0.1, -0.05) is 72.8 Å². The van der Waals surface area contributed by atoms with E-state index in [2.05, 4.69) is 0 Å². The van der Waals surface area contributed by atoms with Crippen LogP contribution in [0.25, 0.3) is 0 Å². The summed E-state index contributed by atoms with van der Waals surface area (Å²) in [5, 5.41) is 0. The normalized spacial score (nSPS) is 14.1. The predicted octanol–water partition coefficient (Wildman–Crippen LogP) is 4.52. The molecule has 0 unspecified atom stereocenters. The van der Waals surface area contributed by atoms with Crippen molar-refractivity contribution in [3.8, 4) is 5.75 Å². The van der Waals surface area contributed by atoms with Crippen LogP contribution in [0.2, 0.25) is 0 Å². The van der Waals surface area contributed by atoms with E-state index >= 15 is 0 Å². The molecule has 0 aliphatic carbocycles. The van der Waals surface area contributed by atoms with Crippen LogP contribution in [0.3, 0.4) is 0 Å². The Labute approximate surface area is 202 Å². The van der Waals surface area contributed by atoms with Gasteiger partial charge in [0.25, 0.3) is 0 Å². The fraction of sp³-hybridized carbons (Fsp3) is 0.310. The standard InChI is InChI=1S/C29H32N2O3/c1-34-26-16-13-23(14-17-26)15-18-27(32)30-19-8-20-31(22-21-30)29(33)28(24-9-4-2-5-10-24)25-11-6-3-7-12-25/h2-7,9-14,16-17,28H,8,15,18-22H2,1H3. The van der Waals surface area contributed by atoms with E-state index in [0.29, 0.717) is 39.0 Å². The van der Waals surface area contributed by atoms with Crippen molar-refractivity contribution in [3.05, 3.63) is 102 Å². The number of hydrogen-bond donors (Lipinski definition) is 0. The molecule has 1 heterocycles. The van der Waals surface area contributed by atoms with Gasteiger partial charge in [-0.25, -0.2) is 0 Å². The smallest absolute Gasteiger partial charge is 0.234 e. The zero-order valence-corrected chi connectivity index (χ0v) is 19.7. The van der Waals surface area contributed by atoms with E-state index in [0.717, 1.165) is 28.9 Å². The summed E-state index contributed by atoms with van der Waals surface area (Å²) in [7, 11) is 1.65. The first-order valence-electron chi connectivity index (χ1n) is 11.9. The lowest BCUT2D eigenvalue weighted by Crippen LogP contribution is -2.39. The van der Waals surface area contributed by atoms with E-state index in [1.807, 2.05) is 94.7 Å². The summed E-state index contributed by atoms with van der Waals surface area (Å²) in [5.41, 5.74) is 3.11. The van der Waals surface area contributed by atoms with E-state index in [9.17, 15) is 9.59 Å². The van der Waals surface area contributed by atoms with Crippen molar-refractivity contribution >= 4 is 11.8 Å². The van der Waals surface area contributed by atoms with Crippen LogP contribution in [0.4, 0.5) is 0 Å². The fourth-order valence-electron chi connectivity index (χ4n) is 4.54. The lowest BCUT2D eigenvalue weighted by molar-refractivity contribution is -0.133. The Balaban J connectivity index is 1.39. The summed E-state index contributed by atoms with van der Waals surface area (Å²) in [6.45, 7) is 2.48. The number of amides is 2. The Morgan fingerprint density at radius 2 is 1.32 bits per heavy atom. The SMILES string of the molecule is COc1ccc(CCC(=O)N2CCCN(C(=O)C(c3ccccc3)c3ccccc3)CC2)cc1. The monoisotopic (exact) mass is 456 g/mol. The third kappa shape index (κ3) is 5.84. The van der Waals surface area contributed by atoms with Crippen LogP contribution in [0.5, 0.6) is 5.75 Å². The Hall–Kier alpha value is -3.60. The van der Waals surface area contributed by atoms with Gasteiger partial charge in [0.15, 0.2) is 0 Å². The van der Waals surface area contributed by atoms with Crippen LogP contribution >= 0.6 is 0 Å². The van der Waals surface area contributed by atoms with Crippen molar-refractivity contribution in [1.82, 2.24) is 9.80 Å². The molecule has 5 nitrogen and oxygen atoms in total. The Morgan fingerprint density at radius 3 is 1.91 bits per heavy atom. The number of methoxy groups -OCH3 is 1. The van der Waals surface area contributed by atoms with Gasteiger partial charge in [0, 0.05) is 32.6 Å². The van der Waals surface area contributed by atoms with Gasteiger partial charge in [-0.3, -0.25) is 9.59 Å². The summed E-state index contributed by atoms with van der Waals surface area (Å²) in [5.74, 6) is 0.731. The van der Waals surface area contributed by atoms with Gasteiger partial charge < -0.3 is 14.5 Å². The average Bonchev–Trinajstić information content (AvgIpc) is 3.15. The highest BCUT2D eigenvalue weighted by molar-refractivity contribution is 5.87. The molecule has 0 bridgehead atoms. The number of carbonyl (C=O) groups is 2. The lowest BCUT2D eigenvalue weighted by Gasteiger charge is -2.27. The molecule has 0 atom stereocenters. The van der Waals surface area contributed by atoms with Gasteiger partial charge >= 0.3 is 0 Å². The van der Waals surface area contributed by atoms with Gasteiger partial charge in [-0.05, 0) is 41.7 Å². The quantitative estimate of drug-likeness (QED) is 0.525. The molecule has 1 fully saturated rings. The zero-order valence-electron chi connectivity index (χ0n) is 19.7. The minimum absolute atomic E-state index is 0.102. The summed E-state index contributed by atoms with van der Waals surface area (Å²) in [6.07, 6.45) is 1.96. The highest BCUT2D eigenvalue weighted by Gasteiger charge is 2.29. The molecular formula is C29H32N2O3. The molecule has 34 heavy (non-hydrogen) atoms. The van der Waals surface area contributed by atoms with Crippen molar-refractivity contribution in [3.63, 3.8) is 0 Å². The van der Waals surface area contributed by atoms with Gasteiger partial charge in [0.05, 0.1) is 13.0 Å². The van der Waals surface area contributed by atoms with E-state index in [-0.39, 0.29) is 17.7 Å². The number of benzene rings is 3. The Kier molecular flexibility index (Phi) is 7.97. The molecule has 3 aromatic carbocycles. The molecule has 4 rings (SSSR count). The third-order valence-electron chi connectivity index (χ3n) is 6.46. The number of rotatable bonds is 7. The third-order valence-corrected chi connectivity index (χ3v) is 6.46. The molecule has 0 saturated carbocycles. The molecule has 0 aromatic heterocycles. The number of hydrogen-bond acceptors (Lipinski definition) is 3. The van der Waals surface area contributed by atoms with Crippen molar-refractivity contribution in [2.45, 2.75) is 25.2 Å². The fourth-order valence-corrected chi connectivity index (χ4v) is 4.54. The van der Waals surface area contributed by atoms with Crippen LogP contribution in [-0.4, -0.2) is 54.9 Å². The maximum atomic E-state index is 13.7. The van der Waals surface area contributed by atoms with Gasteiger partial charge in [-0.15, -0.1) is 0 Å². The molecule has 0 N–H and O–H groups in total. The second-order valence-corrected chi connectivity index (χ2v) is 8.66. The maximum Gasteiger partial charge on any atom is 0.234 e.